The fraction of sp³-hybridized carbons (Fsp3) is 0.750. The summed E-state index contributed by atoms with van der Waals surface area (Å²) < 4.78 is 12.2. The van der Waals surface area contributed by atoms with Crippen molar-refractivity contribution in [1.29, 1.82) is 0 Å². The van der Waals surface area contributed by atoms with Gasteiger partial charge in [0.15, 0.2) is 0 Å². The van der Waals surface area contributed by atoms with Gasteiger partial charge >= 0.3 is 5.97 Å². The molecule has 1 aliphatic carbocycles. The number of fused-ring (bicyclic) bond motifs is 1. The average Bonchev–Trinajstić information content (AvgIpc) is 3.49. The number of carbonyl (C=O) groups excluding carboxylic acids is 3. The number of aliphatic hydroxyl groups is 1. The molecule has 4 aliphatic rings. The Balaban J connectivity index is 1.63. The molecule has 0 aromatic rings. The highest BCUT2D eigenvalue weighted by Gasteiger charge is 2.77. The average molecular weight is 582 g/mol. The molecule has 9 heteroatoms. The van der Waals surface area contributed by atoms with E-state index in [1.165, 1.54) is 0 Å². The second kappa shape index (κ2) is 12.4. The third kappa shape index (κ3) is 5.28. The highest BCUT2D eigenvalue weighted by Crippen LogP contribution is 2.60. The number of esters is 1. The van der Waals surface area contributed by atoms with Gasteiger partial charge in [0.2, 0.25) is 11.8 Å². The molecular formula is C28H41BrN2O6. The second-order valence-electron chi connectivity index (χ2n) is 10.8. The van der Waals surface area contributed by atoms with Crippen LogP contribution in [-0.2, 0) is 23.9 Å². The maximum absolute atomic E-state index is 14.3. The Morgan fingerprint density at radius 3 is 2.62 bits per heavy atom. The van der Waals surface area contributed by atoms with E-state index in [-0.39, 0.29) is 42.4 Å². The Bertz CT molecular complexity index is 877. The smallest absolute Gasteiger partial charge is 0.312 e. The van der Waals surface area contributed by atoms with Crippen LogP contribution in [0.4, 0.5) is 0 Å². The van der Waals surface area contributed by atoms with Gasteiger partial charge in [0.25, 0.3) is 0 Å². The van der Waals surface area contributed by atoms with Gasteiger partial charge in [-0.25, -0.2) is 0 Å². The third-order valence-corrected chi connectivity index (χ3v) is 9.37. The van der Waals surface area contributed by atoms with Crippen LogP contribution in [0.5, 0.6) is 0 Å². The molecule has 1 saturated carbocycles. The molecule has 8 nitrogen and oxygen atoms in total. The third-order valence-electron chi connectivity index (χ3n) is 8.52. The molecule has 2 bridgehead atoms. The number of alkyl halides is 1. The van der Waals surface area contributed by atoms with E-state index in [0.29, 0.717) is 19.4 Å². The van der Waals surface area contributed by atoms with Crippen LogP contribution in [-0.4, -0.2) is 87.6 Å². The molecule has 0 radical (unpaired) electrons. The lowest BCUT2D eigenvalue weighted by Gasteiger charge is -2.41. The first-order valence-corrected chi connectivity index (χ1v) is 14.7. The predicted molar refractivity (Wildman–Crippen MR) is 143 cm³/mol. The molecule has 1 N–H and O–H groups in total. The van der Waals surface area contributed by atoms with Crippen molar-refractivity contribution >= 4 is 33.7 Å². The van der Waals surface area contributed by atoms with E-state index in [2.05, 4.69) is 29.1 Å². The molecule has 2 amide bonds. The number of allylic oxidation sites excluding steroid dienone is 1. The van der Waals surface area contributed by atoms with Gasteiger partial charge in [0, 0.05) is 30.6 Å². The van der Waals surface area contributed by atoms with Crippen LogP contribution in [0.2, 0.25) is 0 Å². The summed E-state index contributed by atoms with van der Waals surface area (Å²) in [7, 11) is 0. The summed E-state index contributed by atoms with van der Waals surface area (Å²) in [6, 6.07) is -0.743. The van der Waals surface area contributed by atoms with Gasteiger partial charge in [-0.1, -0.05) is 47.3 Å². The summed E-state index contributed by atoms with van der Waals surface area (Å²) in [4.78, 5) is 44.9. The van der Waals surface area contributed by atoms with E-state index in [1.54, 1.807) is 11.0 Å². The standard InChI is InChI=1S/C28H41BrN2O6/c1-3-5-6-10-17-36-27(35)21-22-25(33)31(15-11-16-32)24(28(22)18-20(29)23(21)37-28)26(34)30(14-4-2)19-12-8-7-9-13-19/h3-4,19-24,32H,1-2,5-18H2/t20?,21-,22+,23-,24?,28?/m1/s1. The number of nitrogens with zero attached hydrogens (tertiary/aromatic N) is 2. The Kier molecular flexibility index (Phi) is 9.51. The molecule has 37 heavy (non-hydrogen) atoms. The molecule has 0 aromatic carbocycles. The number of unbranched alkanes of at least 4 members (excludes halogenated alkanes) is 2. The summed E-state index contributed by atoms with van der Waals surface area (Å²) in [6.45, 7) is 8.42. The van der Waals surface area contributed by atoms with Crippen LogP contribution in [0.3, 0.4) is 0 Å². The Morgan fingerprint density at radius 1 is 1.19 bits per heavy atom. The first-order chi connectivity index (χ1) is 17.9. The van der Waals surface area contributed by atoms with Crippen molar-refractivity contribution < 1.29 is 29.0 Å². The first kappa shape index (κ1) is 28.3. The lowest BCUT2D eigenvalue weighted by atomic mass is 9.70. The van der Waals surface area contributed by atoms with Gasteiger partial charge < -0.3 is 24.4 Å². The largest absolute Gasteiger partial charge is 0.465 e. The number of amides is 2. The van der Waals surface area contributed by atoms with Gasteiger partial charge in [-0.15, -0.1) is 13.2 Å². The van der Waals surface area contributed by atoms with Crippen molar-refractivity contribution in [3.63, 3.8) is 0 Å². The fourth-order valence-electron chi connectivity index (χ4n) is 6.93. The topological polar surface area (TPSA) is 96.4 Å². The Morgan fingerprint density at radius 2 is 1.95 bits per heavy atom. The lowest BCUT2D eigenvalue weighted by molar-refractivity contribution is -0.155. The molecule has 6 atom stereocenters. The Labute approximate surface area is 228 Å². The van der Waals surface area contributed by atoms with Gasteiger partial charge in [-0.3, -0.25) is 14.4 Å². The summed E-state index contributed by atoms with van der Waals surface area (Å²) >= 11 is 3.70. The van der Waals surface area contributed by atoms with E-state index >= 15 is 0 Å². The quantitative estimate of drug-likeness (QED) is 0.155. The summed E-state index contributed by atoms with van der Waals surface area (Å²) in [5.41, 5.74) is -1.09. The number of carbonyl (C=O) groups is 3. The number of ether oxygens (including phenoxy) is 2. The zero-order valence-corrected chi connectivity index (χ0v) is 23.3. The van der Waals surface area contributed by atoms with Crippen molar-refractivity contribution in [2.45, 2.75) is 92.8 Å². The highest BCUT2D eigenvalue weighted by molar-refractivity contribution is 9.09. The molecule has 206 valence electrons. The number of rotatable bonds is 13. The highest BCUT2D eigenvalue weighted by atomic mass is 79.9. The zero-order valence-electron chi connectivity index (χ0n) is 21.7. The van der Waals surface area contributed by atoms with E-state index < -0.39 is 35.6 Å². The molecule has 4 rings (SSSR count). The minimum atomic E-state index is -1.09. The predicted octanol–water partition coefficient (Wildman–Crippen LogP) is 3.36. The molecule has 3 saturated heterocycles. The van der Waals surface area contributed by atoms with E-state index in [0.717, 1.165) is 51.4 Å². The molecule has 0 aromatic heterocycles. The van der Waals surface area contributed by atoms with Crippen molar-refractivity contribution in [3.05, 3.63) is 25.3 Å². The molecule has 3 unspecified atom stereocenters. The van der Waals surface area contributed by atoms with E-state index in [9.17, 15) is 19.5 Å². The number of likely N-dealkylation sites (tertiary alicyclic amines) is 1. The van der Waals surface area contributed by atoms with Gasteiger partial charge in [-0.2, -0.15) is 0 Å². The number of hydrogen-bond donors (Lipinski definition) is 1. The number of aliphatic hydroxyl groups excluding tert-OH is 1. The molecule has 1 spiro atoms. The SMILES string of the molecule is C=CCCCCOC(=O)[C@H]1[C@@H]2OC3(CC2Br)C(C(=O)N(CC=C)C2CCCCC2)N(CCCO)C(=O)[C@H]13. The van der Waals surface area contributed by atoms with Gasteiger partial charge in [-0.05, 0) is 44.9 Å². The lowest BCUT2D eigenvalue weighted by Crippen LogP contribution is -2.58. The number of hydrogen-bond acceptors (Lipinski definition) is 6. The summed E-state index contributed by atoms with van der Waals surface area (Å²) in [5, 5.41) is 9.54. The normalized spacial score (nSPS) is 32.9. The summed E-state index contributed by atoms with van der Waals surface area (Å²) in [6.07, 6.45) is 11.5. The molecular weight excluding hydrogens is 540 g/mol. The maximum Gasteiger partial charge on any atom is 0.312 e. The second-order valence-corrected chi connectivity index (χ2v) is 12.0. The van der Waals surface area contributed by atoms with Gasteiger partial charge in [0.05, 0.1) is 24.5 Å². The monoisotopic (exact) mass is 580 g/mol. The minimum Gasteiger partial charge on any atom is -0.465 e. The van der Waals surface area contributed by atoms with Crippen molar-refractivity contribution in [3.8, 4) is 0 Å². The van der Waals surface area contributed by atoms with Crippen molar-refractivity contribution in [2.24, 2.45) is 11.8 Å². The van der Waals surface area contributed by atoms with Crippen molar-refractivity contribution in [2.75, 3.05) is 26.3 Å². The van der Waals surface area contributed by atoms with E-state index in [4.69, 9.17) is 9.47 Å². The minimum absolute atomic E-state index is 0.0952. The van der Waals surface area contributed by atoms with Crippen LogP contribution in [0, 0.1) is 11.8 Å². The van der Waals surface area contributed by atoms with E-state index in [1.807, 2.05) is 11.0 Å². The van der Waals surface area contributed by atoms with Crippen LogP contribution in [0.25, 0.3) is 0 Å². The zero-order chi connectivity index (χ0) is 26.6. The maximum atomic E-state index is 14.3. The van der Waals surface area contributed by atoms with Crippen LogP contribution in [0.15, 0.2) is 25.3 Å². The molecule has 4 fully saturated rings. The Hall–Kier alpha value is -1.71. The fourth-order valence-corrected chi connectivity index (χ4v) is 7.87. The van der Waals surface area contributed by atoms with Gasteiger partial charge in [0.1, 0.15) is 11.6 Å². The molecule has 3 aliphatic heterocycles. The van der Waals surface area contributed by atoms with Crippen molar-refractivity contribution in [1.82, 2.24) is 9.80 Å². The van der Waals surface area contributed by atoms with Crippen LogP contribution >= 0.6 is 15.9 Å². The van der Waals surface area contributed by atoms with Crippen LogP contribution < -0.4 is 0 Å². The first-order valence-electron chi connectivity index (χ1n) is 13.8. The molecule has 3 heterocycles. The summed E-state index contributed by atoms with van der Waals surface area (Å²) in [5.74, 6) is -2.35. The van der Waals surface area contributed by atoms with Crippen LogP contribution in [0.1, 0.15) is 64.2 Å². The number of halogens is 1.